The highest BCUT2D eigenvalue weighted by atomic mass is 32.1. The van der Waals surface area contributed by atoms with Gasteiger partial charge < -0.3 is 14.7 Å². The van der Waals surface area contributed by atoms with Gasteiger partial charge in [-0.1, -0.05) is 6.07 Å². The lowest BCUT2D eigenvalue weighted by atomic mass is 10.1. The van der Waals surface area contributed by atoms with Crippen LogP contribution in [0.4, 0.5) is 5.13 Å². The van der Waals surface area contributed by atoms with Gasteiger partial charge in [-0.15, -0.1) is 11.3 Å². The number of piperidine rings is 1. The van der Waals surface area contributed by atoms with Crippen molar-refractivity contribution in [2.45, 2.75) is 18.9 Å². The molecule has 1 N–H and O–H groups in total. The third kappa shape index (κ3) is 3.30. The number of nitrogens with zero attached hydrogens (tertiary/aromatic N) is 3. The molecule has 3 heterocycles. The molecule has 0 atom stereocenters. The van der Waals surface area contributed by atoms with Crippen LogP contribution in [-0.2, 0) is 0 Å². The standard InChI is InChI=1S/C14H15N3O3S/c18-13(19)11-9-21-14(16-11)17-7-4-10(5-8-17)20-12-3-1-2-6-15-12/h1-3,6,9-10H,4-5,7-8H2,(H,18,19). The molecule has 1 aliphatic rings. The Morgan fingerprint density at radius 1 is 1.38 bits per heavy atom. The zero-order valence-corrected chi connectivity index (χ0v) is 12.1. The van der Waals surface area contributed by atoms with Crippen LogP contribution in [-0.4, -0.2) is 40.2 Å². The minimum absolute atomic E-state index is 0.113. The van der Waals surface area contributed by atoms with Gasteiger partial charge in [0.25, 0.3) is 0 Å². The van der Waals surface area contributed by atoms with E-state index in [1.165, 1.54) is 11.3 Å². The van der Waals surface area contributed by atoms with Crippen LogP contribution < -0.4 is 9.64 Å². The smallest absolute Gasteiger partial charge is 0.355 e. The van der Waals surface area contributed by atoms with Crippen molar-refractivity contribution in [1.82, 2.24) is 9.97 Å². The Kier molecular flexibility index (Phi) is 4.01. The Labute approximate surface area is 126 Å². The van der Waals surface area contributed by atoms with Crippen LogP contribution in [0, 0.1) is 0 Å². The number of rotatable bonds is 4. The first-order valence-electron chi connectivity index (χ1n) is 6.74. The molecule has 3 rings (SSSR count). The van der Waals surface area contributed by atoms with Crippen molar-refractivity contribution in [1.29, 1.82) is 0 Å². The predicted molar refractivity (Wildman–Crippen MR) is 79.2 cm³/mol. The Hall–Kier alpha value is -2.15. The Morgan fingerprint density at radius 2 is 2.19 bits per heavy atom. The van der Waals surface area contributed by atoms with Gasteiger partial charge in [-0.2, -0.15) is 0 Å². The maximum atomic E-state index is 10.9. The van der Waals surface area contributed by atoms with E-state index < -0.39 is 5.97 Å². The second kappa shape index (κ2) is 6.09. The molecule has 7 heteroatoms. The lowest BCUT2D eigenvalue weighted by molar-refractivity contribution is 0.0691. The summed E-state index contributed by atoms with van der Waals surface area (Å²) in [7, 11) is 0. The van der Waals surface area contributed by atoms with Gasteiger partial charge in [0.05, 0.1) is 0 Å². The number of ether oxygens (including phenoxy) is 1. The van der Waals surface area contributed by atoms with Crippen LogP contribution in [0.25, 0.3) is 0 Å². The number of pyridine rings is 1. The number of aromatic nitrogens is 2. The molecule has 1 fully saturated rings. The van der Waals surface area contributed by atoms with Crippen molar-refractivity contribution in [3.63, 3.8) is 0 Å². The summed E-state index contributed by atoms with van der Waals surface area (Å²) in [6.45, 7) is 1.62. The van der Waals surface area contributed by atoms with E-state index in [9.17, 15) is 4.79 Å². The van der Waals surface area contributed by atoms with Crippen molar-refractivity contribution >= 4 is 22.4 Å². The molecule has 0 radical (unpaired) electrons. The molecule has 0 unspecified atom stereocenters. The van der Waals surface area contributed by atoms with Gasteiger partial charge in [-0.05, 0) is 6.07 Å². The first-order chi connectivity index (χ1) is 10.2. The normalized spacial score (nSPS) is 15.9. The maximum absolute atomic E-state index is 10.9. The number of thiazole rings is 1. The molecule has 0 bridgehead atoms. The van der Waals surface area contributed by atoms with Gasteiger partial charge in [0, 0.05) is 43.6 Å². The molecule has 0 aliphatic carbocycles. The van der Waals surface area contributed by atoms with Crippen LogP contribution in [0.3, 0.4) is 0 Å². The van der Waals surface area contributed by atoms with E-state index in [-0.39, 0.29) is 11.8 Å². The largest absolute Gasteiger partial charge is 0.476 e. The number of carboxylic acid groups (broad SMARTS) is 1. The van der Waals surface area contributed by atoms with E-state index in [0.29, 0.717) is 5.88 Å². The molecule has 2 aromatic heterocycles. The van der Waals surface area contributed by atoms with Crippen LogP contribution in [0.5, 0.6) is 5.88 Å². The zero-order valence-electron chi connectivity index (χ0n) is 11.3. The summed E-state index contributed by atoms with van der Waals surface area (Å²) in [4.78, 5) is 21.3. The highest BCUT2D eigenvalue weighted by Crippen LogP contribution is 2.25. The highest BCUT2D eigenvalue weighted by molar-refractivity contribution is 7.13. The van der Waals surface area contributed by atoms with Crippen LogP contribution in [0.2, 0.25) is 0 Å². The molecule has 6 nitrogen and oxygen atoms in total. The van der Waals surface area contributed by atoms with E-state index in [1.54, 1.807) is 11.6 Å². The third-order valence-electron chi connectivity index (χ3n) is 3.35. The summed E-state index contributed by atoms with van der Waals surface area (Å²) < 4.78 is 5.83. The Balaban J connectivity index is 1.56. The molecule has 0 amide bonds. The van der Waals surface area contributed by atoms with Gasteiger partial charge in [0.15, 0.2) is 10.8 Å². The number of carboxylic acids is 1. The molecule has 1 saturated heterocycles. The van der Waals surface area contributed by atoms with Crippen molar-refractivity contribution in [2.75, 3.05) is 18.0 Å². The van der Waals surface area contributed by atoms with E-state index in [4.69, 9.17) is 9.84 Å². The SMILES string of the molecule is O=C(O)c1csc(N2CCC(Oc3ccccn3)CC2)n1. The molecule has 0 saturated carbocycles. The second-order valence-corrected chi connectivity index (χ2v) is 5.63. The van der Waals surface area contributed by atoms with Crippen molar-refractivity contribution in [3.8, 4) is 5.88 Å². The average Bonchev–Trinajstić information content (AvgIpc) is 2.99. The summed E-state index contributed by atoms with van der Waals surface area (Å²) in [6, 6.07) is 5.62. The number of anilines is 1. The lowest BCUT2D eigenvalue weighted by Crippen LogP contribution is -2.38. The fraction of sp³-hybridized carbons (Fsp3) is 0.357. The van der Waals surface area contributed by atoms with Gasteiger partial charge in [-0.25, -0.2) is 14.8 Å². The topological polar surface area (TPSA) is 75.5 Å². The van der Waals surface area contributed by atoms with Crippen molar-refractivity contribution in [2.24, 2.45) is 0 Å². The van der Waals surface area contributed by atoms with Gasteiger partial charge in [0.2, 0.25) is 5.88 Å². The number of hydrogen-bond acceptors (Lipinski definition) is 6. The number of carbonyl (C=O) groups is 1. The summed E-state index contributed by atoms with van der Waals surface area (Å²) in [5.74, 6) is -0.329. The minimum atomic E-state index is -0.981. The van der Waals surface area contributed by atoms with E-state index in [1.807, 2.05) is 18.2 Å². The molecule has 110 valence electrons. The molecular formula is C14H15N3O3S. The number of aromatic carboxylic acids is 1. The minimum Gasteiger partial charge on any atom is -0.476 e. The number of hydrogen-bond donors (Lipinski definition) is 1. The third-order valence-corrected chi connectivity index (χ3v) is 4.25. The highest BCUT2D eigenvalue weighted by Gasteiger charge is 2.23. The summed E-state index contributed by atoms with van der Waals surface area (Å²) in [5.41, 5.74) is 0.113. The molecule has 2 aromatic rings. The first kappa shape index (κ1) is 13.8. The lowest BCUT2D eigenvalue weighted by Gasteiger charge is -2.31. The Bertz CT molecular complexity index is 609. The fourth-order valence-electron chi connectivity index (χ4n) is 2.26. The monoisotopic (exact) mass is 305 g/mol. The predicted octanol–water partition coefficient (Wildman–Crippen LogP) is 2.28. The van der Waals surface area contributed by atoms with Gasteiger partial charge >= 0.3 is 5.97 Å². The van der Waals surface area contributed by atoms with Crippen LogP contribution in [0.1, 0.15) is 23.3 Å². The average molecular weight is 305 g/mol. The molecule has 21 heavy (non-hydrogen) atoms. The van der Waals surface area contributed by atoms with E-state index >= 15 is 0 Å². The molecule has 0 aromatic carbocycles. The van der Waals surface area contributed by atoms with E-state index in [2.05, 4.69) is 14.9 Å². The van der Waals surface area contributed by atoms with Gasteiger partial charge in [0.1, 0.15) is 6.10 Å². The maximum Gasteiger partial charge on any atom is 0.355 e. The molecule has 1 aliphatic heterocycles. The molecular weight excluding hydrogens is 290 g/mol. The Morgan fingerprint density at radius 3 is 2.81 bits per heavy atom. The van der Waals surface area contributed by atoms with Crippen LogP contribution in [0.15, 0.2) is 29.8 Å². The van der Waals surface area contributed by atoms with Crippen molar-refractivity contribution in [3.05, 3.63) is 35.5 Å². The van der Waals surface area contributed by atoms with Crippen molar-refractivity contribution < 1.29 is 14.6 Å². The van der Waals surface area contributed by atoms with E-state index in [0.717, 1.165) is 31.1 Å². The quantitative estimate of drug-likeness (QED) is 0.934. The van der Waals surface area contributed by atoms with Crippen LogP contribution >= 0.6 is 11.3 Å². The summed E-state index contributed by atoms with van der Waals surface area (Å²) in [5, 5.41) is 11.2. The second-order valence-electron chi connectivity index (χ2n) is 4.79. The fourth-order valence-corrected chi connectivity index (χ4v) is 3.11. The zero-order chi connectivity index (χ0) is 14.7. The first-order valence-corrected chi connectivity index (χ1v) is 7.62. The summed E-state index contributed by atoms with van der Waals surface area (Å²) in [6.07, 6.45) is 3.61. The molecule has 0 spiro atoms. The van der Waals surface area contributed by atoms with Gasteiger partial charge in [-0.3, -0.25) is 0 Å². The summed E-state index contributed by atoms with van der Waals surface area (Å²) >= 11 is 1.37.